The molecule has 0 radical (unpaired) electrons. The maximum atomic E-state index is 13.1. The highest BCUT2D eigenvalue weighted by Gasteiger charge is 2.37. The molecule has 2 aliphatic rings. The molecule has 0 saturated carbocycles. The predicted octanol–water partition coefficient (Wildman–Crippen LogP) is 4.30. The number of amides is 1. The van der Waals surface area contributed by atoms with Gasteiger partial charge in [-0.1, -0.05) is 54.7 Å². The van der Waals surface area contributed by atoms with Gasteiger partial charge >= 0.3 is 0 Å². The Balaban J connectivity index is 1.69. The summed E-state index contributed by atoms with van der Waals surface area (Å²) in [5.74, 6) is 0.959. The lowest BCUT2D eigenvalue weighted by Gasteiger charge is -2.15. The van der Waals surface area contributed by atoms with E-state index in [1.54, 1.807) is 4.90 Å². The highest BCUT2D eigenvalue weighted by Crippen LogP contribution is 2.47. The van der Waals surface area contributed by atoms with Crippen molar-refractivity contribution in [2.45, 2.75) is 18.4 Å². The number of thiocarbonyl (C=S) groups is 1. The summed E-state index contributed by atoms with van der Waals surface area (Å²) in [4.78, 5) is 18.4. The molecule has 2 aromatic rings. The second kappa shape index (κ2) is 6.94. The Labute approximate surface area is 159 Å². The van der Waals surface area contributed by atoms with E-state index in [4.69, 9.17) is 12.2 Å². The molecule has 2 aromatic carbocycles. The highest BCUT2D eigenvalue weighted by atomic mass is 32.2. The van der Waals surface area contributed by atoms with Crippen molar-refractivity contribution in [3.8, 4) is 0 Å². The van der Waals surface area contributed by atoms with Gasteiger partial charge in [0.05, 0.1) is 18.1 Å². The summed E-state index contributed by atoms with van der Waals surface area (Å²) in [5.41, 5.74) is 2.35. The fourth-order valence-electron chi connectivity index (χ4n) is 3.07. The minimum atomic E-state index is -0.210. The molecule has 1 unspecified atom stereocenters. The zero-order valence-corrected chi connectivity index (χ0v) is 16.3. The summed E-state index contributed by atoms with van der Waals surface area (Å²) in [6, 6.07) is 18.5. The molecule has 1 atom stereocenters. The van der Waals surface area contributed by atoms with Crippen LogP contribution in [0.25, 0.3) is 0 Å². The number of nitrogens with zero attached hydrogens (tertiary/aromatic N) is 2. The molecule has 1 saturated heterocycles. The number of carbonyl (C=O) groups excluding carboxylic acids is 1. The van der Waals surface area contributed by atoms with Gasteiger partial charge in [-0.3, -0.25) is 9.69 Å². The first-order chi connectivity index (χ1) is 12.2. The Bertz CT molecular complexity index is 879. The van der Waals surface area contributed by atoms with E-state index in [0.29, 0.717) is 10.9 Å². The summed E-state index contributed by atoms with van der Waals surface area (Å²) in [6.07, 6.45) is 0. The third-order valence-electron chi connectivity index (χ3n) is 4.37. The minimum Gasteiger partial charge on any atom is -0.362 e. The van der Waals surface area contributed by atoms with E-state index in [0.717, 1.165) is 22.2 Å². The van der Waals surface area contributed by atoms with Crippen LogP contribution in [0.15, 0.2) is 59.5 Å². The Morgan fingerprint density at radius 1 is 1.12 bits per heavy atom. The molecule has 0 bridgehead atoms. The topological polar surface area (TPSA) is 23.6 Å². The van der Waals surface area contributed by atoms with Crippen molar-refractivity contribution < 1.29 is 4.79 Å². The zero-order chi connectivity index (χ0) is 17.4. The maximum Gasteiger partial charge on any atom is 0.272 e. The standard InChI is InChI=1S/C19H18N2OS3/c1-2-20-13-25(16-11-7-6-10-15(16)20)18-17(22)21(19(23)24-18)12-14-8-4-3-5-9-14/h3-11H,2,12-13H2,1H3. The summed E-state index contributed by atoms with van der Waals surface area (Å²) in [5, 5.41) is 0. The quantitative estimate of drug-likeness (QED) is 0.734. The molecular weight excluding hydrogens is 368 g/mol. The Morgan fingerprint density at radius 2 is 1.84 bits per heavy atom. The molecule has 4 rings (SSSR count). The van der Waals surface area contributed by atoms with Gasteiger partial charge in [-0.25, -0.2) is 0 Å². The molecule has 6 heteroatoms. The number of rotatable bonds is 3. The highest BCUT2D eigenvalue weighted by molar-refractivity contribution is 8.45. The molecule has 0 aliphatic carbocycles. The van der Waals surface area contributed by atoms with Crippen molar-refractivity contribution in [2.75, 3.05) is 17.3 Å². The van der Waals surface area contributed by atoms with Crippen LogP contribution in [-0.2, 0) is 11.3 Å². The fourth-order valence-corrected chi connectivity index (χ4v) is 7.41. The first-order valence-corrected chi connectivity index (χ1v) is 10.8. The van der Waals surface area contributed by atoms with E-state index in [-0.39, 0.29) is 16.4 Å². The van der Waals surface area contributed by atoms with Crippen LogP contribution in [0.3, 0.4) is 0 Å². The molecule has 25 heavy (non-hydrogen) atoms. The van der Waals surface area contributed by atoms with Crippen LogP contribution in [0.1, 0.15) is 12.5 Å². The minimum absolute atomic E-state index is 0.0787. The maximum absolute atomic E-state index is 13.1. The average molecular weight is 387 g/mol. The molecule has 128 valence electrons. The second-order valence-electron chi connectivity index (χ2n) is 5.88. The molecule has 0 spiro atoms. The van der Waals surface area contributed by atoms with Crippen molar-refractivity contribution in [1.82, 2.24) is 4.90 Å². The third kappa shape index (κ3) is 3.03. The Hall–Kier alpha value is -1.63. The van der Waals surface area contributed by atoms with E-state index >= 15 is 0 Å². The van der Waals surface area contributed by atoms with Crippen LogP contribution in [0, 0.1) is 0 Å². The molecule has 1 amide bonds. The lowest BCUT2D eigenvalue weighted by Crippen LogP contribution is -2.29. The van der Waals surface area contributed by atoms with Crippen molar-refractivity contribution in [3.05, 3.63) is 60.2 Å². The molecule has 0 N–H and O–H groups in total. The first kappa shape index (κ1) is 16.8. The molecular formula is C19H18N2OS3. The second-order valence-corrected chi connectivity index (χ2v) is 9.67. The van der Waals surface area contributed by atoms with Gasteiger partial charge in [0.15, 0.2) is 0 Å². The normalized spacial score (nSPS) is 21.2. The number of carbonyl (C=O) groups is 1. The van der Waals surface area contributed by atoms with Gasteiger partial charge in [-0.05, 0) is 36.4 Å². The van der Waals surface area contributed by atoms with Crippen LogP contribution < -0.4 is 4.90 Å². The Morgan fingerprint density at radius 3 is 2.60 bits per heavy atom. The van der Waals surface area contributed by atoms with E-state index < -0.39 is 0 Å². The zero-order valence-electron chi connectivity index (χ0n) is 13.8. The number of para-hydroxylation sites is 1. The van der Waals surface area contributed by atoms with Gasteiger partial charge in [0.25, 0.3) is 5.91 Å². The SMILES string of the molecule is CCN1CS(=C2SC(=S)N(Cc3ccccc3)C2=O)c2ccccc21. The van der Waals surface area contributed by atoms with E-state index in [1.807, 2.05) is 30.3 Å². The van der Waals surface area contributed by atoms with Crippen LogP contribution >= 0.6 is 34.5 Å². The van der Waals surface area contributed by atoms with Gasteiger partial charge in [0.1, 0.15) is 8.52 Å². The van der Waals surface area contributed by atoms with Crippen LogP contribution in [0.5, 0.6) is 0 Å². The monoisotopic (exact) mass is 386 g/mol. The lowest BCUT2D eigenvalue weighted by molar-refractivity contribution is -0.120. The summed E-state index contributed by atoms with van der Waals surface area (Å²) in [6.45, 7) is 3.65. The van der Waals surface area contributed by atoms with Crippen molar-refractivity contribution in [3.63, 3.8) is 0 Å². The predicted molar refractivity (Wildman–Crippen MR) is 112 cm³/mol. The number of fused-ring (bicyclic) bond motifs is 1. The number of anilines is 1. The van der Waals surface area contributed by atoms with E-state index in [1.165, 1.54) is 22.3 Å². The van der Waals surface area contributed by atoms with Crippen LogP contribution in [0.2, 0.25) is 0 Å². The summed E-state index contributed by atoms with van der Waals surface area (Å²) >= 11 is 7.01. The molecule has 2 heterocycles. The summed E-state index contributed by atoms with van der Waals surface area (Å²) in [7, 11) is -0.210. The fraction of sp³-hybridized carbons (Fsp3) is 0.211. The van der Waals surface area contributed by atoms with Gasteiger partial charge in [0, 0.05) is 11.4 Å². The number of hydrogen-bond acceptors (Lipinski definition) is 4. The van der Waals surface area contributed by atoms with Gasteiger partial charge in [0.2, 0.25) is 0 Å². The average Bonchev–Trinajstić information content (AvgIpc) is 3.15. The molecule has 1 fully saturated rings. The largest absolute Gasteiger partial charge is 0.362 e. The van der Waals surface area contributed by atoms with Crippen molar-refractivity contribution in [1.29, 1.82) is 0 Å². The van der Waals surface area contributed by atoms with Gasteiger partial charge < -0.3 is 4.90 Å². The third-order valence-corrected chi connectivity index (χ3v) is 8.51. The van der Waals surface area contributed by atoms with Crippen LogP contribution in [0.4, 0.5) is 5.69 Å². The smallest absolute Gasteiger partial charge is 0.272 e. The number of benzene rings is 2. The molecule has 3 nitrogen and oxygen atoms in total. The van der Waals surface area contributed by atoms with Gasteiger partial charge in [-0.15, -0.1) is 10.5 Å². The van der Waals surface area contributed by atoms with E-state index in [9.17, 15) is 4.79 Å². The molecule has 0 aromatic heterocycles. The van der Waals surface area contributed by atoms with Crippen molar-refractivity contribution >= 4 is 54.6 Å². The Kier molecular flexibility index (Phi) is 4.67. The van der Waals surface area contributed by atoms with Crippen molar-refractivity contribution in [2.24, 2.45) is 0 Å². The number of thioether (sulfide) groups is 1. The summed E-state index contributed by atoms with van der Waals surface area (Å²) < 4.78 is 1.56. The lowest BCUT2D eigenvalue weighted by atomic mass is 10.2. The van der Waals surface area contributed by atoms with Gasteiger partial charge in [-0.2, -0.15) is 0 Å². The first-order valence-electron chi connectivity index (χ1n) is 8.18. The molecule has 2 aliphatic heterocycles. The van der Waals surface area contributed by atoms with E-state index in [2.05, 4.69) is 36.1 Å². The van der Waals surface area contributed by atoms with Crippen LogP contribution in [-0.4, -0.2) is 31.7 Å². The number of hydrogen-bond donors (Lipinski definition) is 0.